The number of hydrogen-bond donors (Lipinski definition) is 3. The van der Waals surface area contributed by atoms with Gasteiger partial charge in [0, 0.05) is 68.2 Å². The molecule has 7 rings (SSSR count). The number of likely N-dealkylation sites (tertiary alicyclic amines) is 1. The van der Waals surface area contributed by atoms with Gasteiger partial charge in [0.2, 0.25) is 5.95 Å². The summed E-state index contributed by atoms with van der Waals surface area (Å²) in [5, 5.41) is 23.0. The monoisotopic (exact) mass is 742 g/mol. The Morgan fingerprint density at radius 1 is 1.04 bits per heavy atom. The van der Waals surface area contributed by atoms with Crippen LogP contribution in [0.15, 0.2) is 104 Å². The van der Waals surface area contributed by atoms with Crippen molar-refractivity contribution in [2.75, 3.05) is 48.7 Å². The van der Waals surface area contributed by atoms with Crippen LogP contribution in [0.25, 0.3) is 27.6 Å². The van der Waals surface area contributed by atoms with E-state index in [0.29, 0.717) is 44.5 Å². The summed E-state index contributed by atoms with van der Waals surface area (Å²) in [5.41, 5.74) is 3.20. The number of imidazole rings is 1. The number of likely N-dealkylation sites (N-methyl/N-ethyl adjacent to an activating group) is 1. The zero-order valence-corrected chi connectivity index (χ0v) is 30.6. The standard InChI is InChI=1S/C40H42N10O5/c1-3-47(40(52)55-32-16-14-31(15-17-32)50(53)54)23-21-41-30-13-18-36-35(24-30)43-26-49(36)37-19-20-42-38(46-37)44-27(2)29-10-7-22-48(25-29)39(51)45-34-12-6-9-28-8-4-5-11-33(28)34/h4-6,8-9,11-20,24,26-27,29,41H,3,7,10,21-23,25H2,1-2H3,(H,45,51)(H,42,44,46). The molecule has 0 saturated carbocycles. The lowest BCUT2D eigenvalue weighted by Gasteiger charge is -2.36. The quantitative estimate of drug-likeness (QED) is 0.0839. The predicted octanol–water partition coefficient (Wildman–Crippen LogP) is 7.55. The molecule has 1 fully saturated rings. The molecule has 15 nitrogen and oxygen atoms in total. The fraction of sp³-hybridized carbons (Fsp3) is 0.275. The Morgan fingerprint density at radius 2 is 1.85 bits per heavy atom. The second-order valence-corrected chi connectivity index (χ2v) is 13.4. The van der Waals surface area contributed by atoms with Gasteiger partial charge < -0.3 is 30.5 Å². The first-order chi connectivity index (χ1) is 26.7. The second kappa shape index (κ2) is 16.5. The van der Waals surface area contributed by atoms with Crippen molar-refractivity contribution in [1.82, 2.24) is 29.3 Å². The van der Waals surface area contributed by atoms with E-state index in [-0.39, 0.29) is 29.4 Å². The van der Waals surface area contributed by atoms with Crippen LogP contribution < -0.4 is 20.7 Å². The second-order valence-electron chi connectivity index (χ2n) is 13.4. The maximum atomic E-state index is 13.4. The summed E-state index contributed by atoms with van der Waals surface area (Å²) in [6.45, 7) is 6.54. The molecule has 1 aliphatic rings. The SMILES string of the molecule is CCN(CCNc1ccc2c(c1)ncn2-c1ccnc(NC(C)C2CCCN(C(=O)Nc3cccc4ccccc34)C2)n1)C(=O)Oc1ccc([N+](=O)[O-])cc1. The van der Waals surface area contributed by atoms with Crippen molar-refractivity contribution in [3.63, 3.8) is 0 Å². The van der Waals surface area contributed by atoms with Crippen molar-refractivity contribution >= 4 is 56.9 Å². The van der Waals surface area contributed by atoms with Crippen LogP contribution in [0.3, 0.4) is 0 Å². The van der Waals surface area contributed by atoms with E-state index in [0.717, 1.165) is 46.0 Å². The molecule has 2 unspecified atom stereocenters. The Labute approximate surface area is 317 Å². The molecule has 4 aromatic carbocycles. The third-order valence-corrected chi connectivity index (χ3v) is 9.88. The number of carbonyl (C=O) groups excluding carboxylic acids is 2. The molecule has 1 saturated heterocycles. The molecule has 0 spiro atoms. The van der Waals surface area contributed by atoms with E-state index in [1.54, 1.807) is 12.5 Å². The third-order valence-electron chi connectivity index (χ3n) is 9.88. The van der Waals surface area contributed by atoms with Crippen LogP contribution in [-0.2, 0) is 0 Å². The van der Waals surface area contributed by atoms with Crippen molar-refractivity contribution in [2.45, 2.75) is 32.7 Å². The average Bonchev–Trinajstić information content (AvgIpc) is 3.63. The summed E-state index contributed by atoms with van der Waals surface area (Å²) in [6, 6.07) is 27.0. The summed E-state index contributed by atoms with van der Waals surface area (Å²) < 4.78 is 7.31. The number of ether oxygens (including phenoxy) is 1. The van der Waals surface area contributed by atoms with Crippen LogP contribution in [0, 0.1) is 16.0 Å². The summed E-state index contributed by atoms with van der Waals surface area (Å²) in [5.74, 6) is 1.61. The molecule has 0 aliphatic carbocycles. The predicted molar refractivity (Wildman–Crippen MR) is 212 cm³/mol. The molecule has 55 heavy (non-hydrogen) atoms. The molecular formula is C40H42N10O5. The van der Waals surface area contributed by atoms with Crippen LogP contribution in [0.2, 0.25) is 0 Å². The number of piperidine rings is 1. The number of nitrogens with one attached hydrogen (secondary N) is 3. The highest BCUT2D eigenvalue weighted by molar-refractivity contribution is 6.01. The molecule has 0 bridgehead atoms. The molecule has 2 aromatic heterocycles. The number of carbonyl (C=O) groups is 2. The Kier molecular flexibility index (Phi) is 11.0. The topological polar surface area (TPSA) is 173 Å². The van der Waals surface area contributed by atoms with Crippen LogP contribution in [-0.4, -0.2) is 85.1 Å². The molecule has 3 N–H and O–H groups in total. The maximum Gasteiger partial charge on any atom is 0.415 e. The van der Waals surface area contributed by atoms with Gasteiger partial charge in [0.1, 0.15) is 17.9 Å². The molecule has 6 aromatic rings. The minimum absolute atomic E-state index is 0.0179. The number of nitro benzene ring substituents is 1. The van der Waals surface area contributed by atoms with Crippen molar-refractivity contribution < 1.29 is 19.2 Å². The van der Waals surface area contributed by atoms with Crippen LogP contribution >= 0.6 is 0 Å². The normalized spacial score (nSPS) is 14.7. The fourth-order valence-electron chi connectivity index (χ4n) is 6.83. The van der Waals surface area contributed by atoms with E-state index < -0.39 is 11.0 Å². The van der Waals surface area contributed by atoms with Crippen molar-refractivity contribution in [3.8, 4) is 11.6 Å². The summed E-state index contributed by atoms with van der Waals surface area (Å²) in [7, 11) is 0. The van der Waals surface area contributed by atoms with E-state index in [2.05, 4.69) is 32.8 Å². The zero-order valence-electron chi connectivity index (χ0n) is 30.6. The van der Waals surface area contributed by atoms with E-state index in [9.17, 15) is 19.7 Å². The first-order valence-corrected chi connectivity index (χ1v) is 18.3. The minimum Gasteiger partial charge on any atom is -0.410 e. The highest BCUT2D eigenvalue weighted by atomic mass is 16.6. The molecule has 282 valence electrons. The number of amides is 3. The van der Waals surface area contributed by atoms with Crippen molar-refractivity contribution in [3.05, 3.63) is 114 Å². The average molecular weight is 743 g/mol. The molecule has 1 aliphatic heterocycles. The Hall–Kier alpha value is -6.77. The Balaban J connectivity index is 0.932. The molecule has 2 atom stereocenters. The smallest absolute Gasteiger partial charge is 0.410 e. The van der Waals surface area contributed by atoms with Gasteiger partial charge in [-0.15, -0.1) is 0 Å². The van der Waals surface area contributed by atoms with Gasteiger partial charge >= 0.3 is 12.1 Å². The van der Waals surface area contributed by atoms with Crippen LogP contribution in [0.1, 0.15) is 26.7 Å². The Bertz CT molecular complexity index is 2310. The van der Waals surface area contributed by atoms with Gasteiger partial charge in [-0.3, -0.25) is 14.7 Å². The minimum atomic E-state index is -0.540. The summed E-state index contributed by atoms with van der Waals surface area (Å²) in [6.07, 6.45) is 4.80. The number of rotatable bonds is 12. The third kappa shape index (κ3) is 8.56. The lowest BCUT2D eigenvalue weighted by molar-refractivity contribution is -0.384. The number of fused-ring (bicyclic) bond motifs is 2. The van der Waals surface area contributed by atoms with Gasteiger partial charge in [0.15, 0.2) is 0 Å². The number of aromatic nitrogens is 4. The van der Waals surface area contributed by atoms with Crippen LogP contribution in [0.4, 0.5) is 32.6 Å². The molecule has 15 heteroatoms. The number of urea groups is 1. The van der Waals surface area contributed by atoms with Gasteiger partial charge in [-0.2, -0.15) is 4.98 Å². The first kappa shape index (κ1) is 36.6. The number of anilines is 3. The number of hydrogen-bond acceptors (Lipinski definition) is 10. The molecular weight excluding hydrogens is 701 g/mol. The van der Waals surface area contributed by atoms with Gasteiger partial charge in [-0.05, 0) is 80.5 Å². The molecule has 3 heterocycles. The van der Waals surface area contributed by atoms with Gasteiger partial charge in [-0.1, -0.05) is 36.4 Å². The van der Waals surface area contributed by atoms with Crippen molar-refractivity contribution in [1.29, 1.82) is 0 Å². The molecule has 0 radical (unpaired) electrons. The summed E-state index contributed by atoms with van der Waals surface area (Å²) in [4.78, 5) is 53.8. The van der Waals surface area contributed by atoms with E-state index in [1.165, 1.54) is 29.2 Å². The number of benzene rings is 4. The molecule has 3 amide bonds. The summed E-state index contributed by atoms with van der Waals surface area (Å²) >= 11 is 0. The van der Waals surface area contributed by atoms with Gasteiger partial charge in [0.05, 0.1) is 21.6 Å². The van der Waals surface area contributed by atoms with Gasteiger partial charge in [-0.25, -0.2) is 19.6 Å². The van der Waals surface area contributed by atoms with E-state index in [1.807, 2.05) is 83.1 Å². The van der Waals surface area contributed by atoms with Gasteiger partial charge in [0.25, 0.3) is 5.69 Å². The fourth-order valence-corrected chi connectivity index (χ4v) is 6.83. The zero-order chi connectivity index (χ0) is 38.3. The first-order valence-electron chi connectivity index (χ1n) is 18.3. The number of nitro groups is 1. The van der Waals surface area contributed by atoms with Crippen molar-refractivity contribution in [2.24, 2.45) is 5.92 Å². The number of nitrogens with zero attached hydrogens (tertiary/aromatic N) is 7. The van der Waals surface area contributed by atoms with Crippen LogP contribution in [0.5, 0.6) is 5.75 Å². The lowest BCUT2D eigenvalue weighted by Crippen LogP contribution is -2.46. The Morgan fingerprint density at radius 3 is 2.67 bits per heavy atom. The van der Waals surface area contributed by atoms with E-state index >= 15 is 0 Å². The van der Waals surface area contributed by atoms with E-state index in [4.69, 9.17) is 9.72 Å². The number of non-ortho nitro benzene ring substituents is 1. The lowest BCUT2D eigenvalue weighted by atomic mass is 9.92. The largest absolute Gasteiger partial charge is 0.415 e. The maximum absolute atomic E-state index is 13.4. The highest BCUT2D eigenvalue weighted by Gasteiger charge is 2.28. The highest BCUT2D eigenvalue weighted by Crippen LogP contribution is 2.27.